The fraction of sp³-hybridized carbons (Fsp3) is 0.706. The minimum atomic E-state index is -1.05. The topological polar surface area (TPSA) is 135 Å². The van der Waals surface area contributed by atoms with Crippen molar-refractivity contribution in [1.82, 2.24) is 10.6 Å². The molecule has 0 radical (unpaired) electrons. The summed E-state index contributed by atoms with van der Waals surface area (Å²) in [6.07, 6.45) is 5.84. The number of imide groups is 2. The minimum absolute atomic E-state index is 0.153. The van der Waals surface area contributed by atoms with Crippen LogP contribution in [-0.2, 0) is 19.2 Å². The molecule has 0 saturated carbocycles. The Labute approximate surface area is 158 Å². The maximum Gasteiger partial charge on any atom is 0.328 e. The summed E-state index contributed by atoms with van der Waals surface area (Å²) in [5, 5.41) is 4.52. The number of nitrogens with one attached hydrogen (secondary N) is 2. The van der Waals surface area contributed by atoms with Gasteiger partial charge in [-0.2, -0.15) is 0 Å². The Bertz CT molecular complexity index is 493. The molecule has 4 amide bonds. The number of amides is 4. The summed E-state index contributed by atoms with van der Waals surface area (Å²) < 4.78 is 0. The molecule has 2 saturated heterocycles. The summed E-state index contributed by atoms with van der Waals surface area (Å²) in [5.41, 5.74) is 4.25. The van der Waals surface area contributed by atoms with Crippen molar-refractivity contribution in [2.24, 2.45) is 11.1 Å². The number of urea groups is 1. The predicted octanol–water partition coefficient (Wildman–Crippen LogP) is 1.51. The van der Waals surface area contributed by atoms with E-state index in [1.807, 2.05) is 6.79 Å². The standard InChI is InChI=1S/C12H20N2O3.C4H7NOS.CH2O/c1-3-5-6-7-8-12(4-2)9(15)13-11(17)14-10(12)16;5-3-1-2-7-4(3)6;1-2/h3-8H2,1-2H3,(H2,13,14,15,16,17);3H,1-2,5H2;1H2. The highest BCUT2D eigenvalue weighted by Gasteiger charge is 2.48. The van der Waals surface area contributed by atoms with Crippen molar-refractivity contribution >= 4 is 41.5 Å². The molecule has 9 heteroatoms. The molecule has 0 aromatic heterocycles. The summed E-state index contributed by atoms with van der Waals surface area (Å²) in [6.45, 7) is 5.91. The predicted molar refractivity (Wildman–Crippen MR) is 100 cm³/mol. The van der Waals surface area contributed by atoms with Crippen LogP contribution in [0.15, 0.2) is 0 Å². The van der Waals surface area contributed by atoms with Crippen LogP contribution in [-0.4, -0.2) is 41.5 Å². The number of carbonyl (C=O) groups is 5. The van der Waals surface area contributed by atoms with Gasteiger partial charge in [0.15, 0.2) is 0 Å². The largest absolute Gasteiger partial charge is 0.328 e. The lowest BCUT2D eigenvalue weighted by Crippen LogP contribution is -2.62. The zero-order chi connectivity index (χ0) is 20.2. The summed E-state index contributed by atoms with van der Waals surface area (Å²) in [6, 6.07) is -0.873. The molecule has 0 spiro atoms. The monoisotopic (exact) mass is 387 g/mol. The molecule has 2 rings (SSSR count). The number of barbiturate groups is 1. The van der Waals surface area contributed by atoms with Gasteiger partial charge in [-0.3, -0.25) is 25.0 Å². The zero-order valence-corrected chi connectivity index (χ0v) is 16.3. The van der Waals surface area contributed by atoms with E-state index in [-0.39, 0.29) is 11.2 Å². The van der Waals surface area contributed by atoms with Crippen LogP contribution in [0.3, 0.4) is 0 Å². The first-order valence-electron chi connectivity index (χ1n) is 8.75. The van der Waals surface area contributed by atoms with Crippen molar-refractivity contribution < 1.29 is 24.0 Å². The quantitative estimate of drug-likeness (QED) is 0.464. The van der Waals surface area contributed by atoms with E-state index in [1.165, 1.54) is 11.8 Å². The van der Waals surface area contributed by atoms with Crippen LogP contribution in [0.5, 0.6) is 0 Å². The third-order valence-electron chi connectivity index (χ3n) is 4.36. The van der Waals surface area contributed by atoms with Crippen molar-refractivity contribution in [3.63, 3.8) is 0 Å². The van der Waals surface area contributed by atoms with Gasteiger partial charge in [-0.05, 0) is 19.3 Å². The summed E-state index contributed by atoms with van der Waals surface area (Å²) in [7, 11) is 0. The van der Waals surface area contributed by atoms with Crippen molar-refractivity contribution in [3.05, 3.63) is 0 Å². The maximum absolute atomic E-state index is 11.8. The van der Waals surface area contributed by atoms with Crippen molar-refractivity contribution in [2.75, 3.05) is 5.75 Å². The zero-order valence-electron chi connectivity index (χ0n) is 15.5. The van der Waals surface area contributed by atoms with Crippen LogP contribution in [0.2, 0.25) is 0 Å². The van der Waals surface area contributed by atoms with E-state index in [9.17, 15) is 19.2 Å². The molecule has 2 fully saturated rings. The molecule has 0 bridgehead atoms. The van der Waals surface area contributed by atoms with Gasteiger partial charge in [0.25, 0.3) is 0 Å². The van der Waals surface area contributed by atoms with Crippen LogP contribution in [0.1, 0.15) is 58.8 Å². The van der Waals surface area contributed by atoms with Gasteiger partial charge in [-0.15, -0.1) is 0 Å². The fourth-order valence-electron chi connectivity index (χ4n) is 2.67. The van der Waals surface area contributed by atoms with Crippen LogP contribution in [0, 0.1) is 5.41 Å². The molecule has 148 valence electrons. The second-order valence-electron chi connectivity index (χ2n) is 6.05. The Hall–Kier alpha value is -1.74. The molecule has 4 N–H and O–H groups in total. The van der Waals surface area contributed by atoms with Gasteiger partial charge in [0.1, 0.15) is 12.2 Å². The highest BCUT2D eigenvalue weighted by Crippen LogP contribution is 2.31. The molecule has 1 atom stereocenters. The van der Waals surface area contributed by atoms with Gasteiger partial charge in [0.2, 0.25) is 16.9 Å². The van der Waals surface area contributed by atoms with Gasteiger partial charge >= 0.3 is 6.03 Å². The third kappa shape index (κ3) is 6.87. The summed E-state index contributed by atoms with van der Waals surface area (Å²) in [4.78, 5) is 53.1. The van der Waals surface area contributed by atoms with E-state index < -0.39 is 23.3 Å². The van der Waals surface area contributed by atoms with E-state index in [0.29, 0.717) is 12.8 Å². The Morgan fingerprint density at radius 3 is 2.00 bits per heavy atom. The summed E-state index contributed by atoms with van der Waals surface area (Å²) in [5.74, 6) is 0.00972. The molecule has 2 aliphatic rings. The van der Waals surface area contributed by atoms with Gasteiger partial charge in [0, 0.05) is 5.75 Å². The van der Waals surface area contributed by atoms with E-state index in [0.717, 1.165) is 37.9 Å². The number of carbonyl (C=O) groups excluding carboxylic acids is 5. The molecule has 0 aliphatic carbocycles. The Balaban J connectivity index is 0.000000575. The van der Waals surface area contributed by atoms with Crippen molar-refractivity contribution in [2.45, 2.75) is 64.8 Å². The van der Waals surface area contributed by atoms with Gasteiger partial charge in [0.05, 0.1) is 6.04 Å². The van der Waals surface area contributed by atoms with Crippen LogP contribution >= 0.6 is 11.8 Å². The van der Waals surface area contributed by atoms with Gasteiger partial charge in [-0.1, -0.05) is 51.3 Å². The first kappa shape index (κ1) is 24.3. The van der Waals surface area contributed by atoms with E-state index in [1.54, 1.807) is 6.92 Å². The molecule has 2 heterocycles. The lowest BCUT2D eigenvalue weighted by Gasteiger charge is -2.32. The Morgan fingerprint density at radius 1 is 1.08 bits per heavy atom. The van der Waals surface area contributed by atoms with Gasteiger partial charge in [-0.25, -0.2) is 4.79 Å². The minimum Gasteiger partial charge on any atom is -0.321 e. The molecular formula is C17H29N3O5S. The summed E-state index contributed by atoms with van der Waals surface area (Å²) >= 11 is 1.34. The number of thioether (sulfide) groups is 1. The molecule has 0 aromatic rings. The number of hydrogen-bond acceptors (Lipinski definition) is 7. The highest BCUT2D eigenvalue weighted by molar-refractivity contribution is 8.14. The normalized spacial score (nSPS) is 21.0. The second-order valence-corrected chi connectivity index (χ2v) is 7.15. The van der Waals surface area contributed by atoms with Crippen LogP contribution < -0.4 is 16.4 Å². The fourth-order valence-corrected chi connectivity index (χ4v) is 3.57. The second kappa shape index (κ2) is 12.6. The average Bonchev–Trinajstić information content (AvgIpc) is 2.99. The van der Waals surface area contributed by atoms with E-state index in [2.05, 4.69) is 17.6 Å². The lowest BCUT2D eigenvalue weighted by atomic mass is 9.77. The highest BCUT2D eigenvalue weighted by atomic mass is 32.2. The van der Waals surface area contributed by atoms with Crippen molar-refractivity contribution in [3.8, 4) is 0 Å². The third-order valence-corrected chi connectivity index (χ3v) is 5.39. The number of rotatable bonds is 6. The molecule has 2 aliphatic heterocycles. The number of hydrogen-bond donors (Lipinski definition) is 3. The molecule has 0 aromatic carbocycles. The molecule has 1 unspecified atom stereocenters. The first-order valence-corrected chi connectivity index (χ1v) is 9.74. The molecule has 26 heavy (non-hydrogen) atoms. The lowest BCUT2D eigenvalue weighted by molar-refractivity contribution is -0.145. The smallest absolute Gasteiger partial charge is 0.321 e. The molecular weight excluding hydrogens is 358 g/mol. The van der Waals surface area contributed by atoms with E-state index >= 15 is 0 Å². The molecule has 8 nitrogen and oxygen atoms in total. The van der Waals surface area contributed by atoms with Crippen LogP contribution in [0.25, 0.3) is 0 Å². The number of nitrogens with two attached hydrogens (primary N) is 1. The Kier molecular flexibility index (Phi) is 11.7. The van der Waals surface area contributed by atoms with E-state index in [4.69, 9.17) is 10.5 Å². The average molecular weight is 388 g/mol. The number of unbranched alkanes of at least 4 members (excludes halogenated alkanes) is 3. The van der Waals surface area contributed by atoms with Crippen LogP contribution in [0.4, 0.5) is 4.79 Å². The van der Waals surface area contributed by atoms with Gasteiger partial charge < -0.3 is 10.5 Å². The van der Waals surface area contributed by atoms with Crippen molar-refractivity contribution in [1.29, 1.82) is 0 Å². The first-order chi connectivity index (χ1) is 12.4. The maximum atomic E-state index is 11.8. The Morgan fingerprint density at radius 2 is 1.65 bits per heavy atom. The SMILES string of the molecule is C=O.CCCCCCC1(CC)C(=O)NC(=O)NC1=O.NC1CCSC1=O.